The lowest BCUT2D eigenvalue weighted by molar-refractivity contribution is -0.145. The van der Waals surface area contributed by atoms with Crippen LogP contribution in [0.1, 0.15) is 54.8 Å². The summed E-state index contributed by atoms with van der Waals surface area (Å²) in [5.41, 5.74) is 4.64. The van der Waals surface area contributed by atoms with Gasteiger partial charge in [-0.25, -0.2) is 0 Å². The zero-order valence-corrected chi connectivity index (χ0v) is 19.2. The highest BCUT2D eigenvalue weighted by atomic mass is 19.4. The van der Waals surface area contributed by atoms with Crippen molar-refractivity contribution in [3.05, 3.63) is 76.6 Å². The molecule has 5 nitrogen and oxygen atoms in total. The Bertz CT molecular complexity index is 1180. The Morgan fingerprint density at radius 1 is 1.15 bits per heavy atom. The number of nitrogens with zero attached hydrogens (tertiary/aromatic N) is 3. The maximum Gasteiger partial charge on any atom is 0.408 e. The van der Waals surface area contributed by atoms with Gasteiger partial charge in [-0.05, 0) is 35.6 Å². The quantitative estimate of drug-likeness (QED) is 0.362. The smallest absolute Gasteiger partial charge is 0.408 e. The molecule has 1 aromatic heterocycles. The van der Waals surface area contributed by atoms with E-state index in [4.69, 9.17) is 4.74 Å². The molecule has 0 radical (unpaired) electrons. The van der Waals surface area contributed by atoms with E-state index in [1.807, 2.05) is 43.3 Å². The summed E-state index contributed by atoms with van der Waals surface area (Å²) >= 11 is 0. The van der Waals surface area contributed by atoms with Crippen molar-refractivity contribution < 1.29 is 22.7 Å². The summed E-state index contributed by atoms with van der Waals surface area (Å²) in [4.78, 5) is 11.4. The first kappa shape index (κ1) is 25.0. The Morgan fingerprint density at radius 3 is 2.47 bits per heavy atom. The highest BCUT2D eigenvalue weighted by molar-refractivity contribution is 5.70. The normalized spacial score (nSPS) is 11.3. The van der Waals surface area contributed by atoms with Gasteiger partial charge in [0.05, 0.1) is 23.0 Å². The van der Waals surface area contributed by atoms with Gasteiger partial charge in [-0.15, -0.1) is 0 Å². The standard InChI is InChI=1S/C26H26F3N3O2/c1-3-4-9-24-23(25(16-34-18(2)33)32(31-24)17-26(27,28)29)14-19-10-12-20(13-11-19)22-8-6-5-7-21(22)15-30/h5-8,10-13H,3-4,9,14,16-17H2,1-2H3. The van der Waals surface area contributed by atoms with Crippen LogP contribution in [-0.2, 0) is 35.5 Å². The molecule has 0 unspecified atom stereocenters. The van der Waals surface area contributed by atoms with E-state index < -0.39 is 18.7 Å². The number of hydrogen-bond donors (Lipinski definition) is 0. The SMILES string of the molecule is CCCCc1nn(CC(F)(F)F)c(COC(C)=O)c1Cc1ccc(-c2ccccc2C#N)cc1. The molecular formula is C26H26F3N3O2. The lowest BCUT2D eigenvalue weighted by Crippen LogP contribution is -2.21. The second-order valence-electron chi connectivity index (χ2n) is 8.06. The average molecular weight is 470 g/mol. The van der Waals surface area contributed by atoms with E-state index in [1.165, 1.54) is 6.92 Å². The van der Waals surface area contributed by atoms with Gasteiger partial charge < -0.3 is 4.74 Å². The van der Waals surface area contributed by atoms with Gasteiger partial charge in [-0.1, -0.05) is 55.8 Å². The van der Waals surface area contributed by atoms with Crippen LogP contribution in [0.4, 0.5) is 13.2 Å². The molecule has 2 aromatic carbocycles. The number of rotatable bonds is 9. The van der Waals surface area contributed by atoms with Crippen LogP contribution < -0.4 is 0 Å². The number of halogens is 3. The number of hydrogen-bond acceptors (Lipinski definition) is 4. The fraction of sp³-hybridized carbons (Fsp3) is 0.346. The second-order valence-corrected chi connectivity index (χ2v) is 8.06. The summed E-state index contributed by atoms with van der Waals surface area (Å²) in [7, 11) is 0. The highest BCUT2D eigenvalue weighted by Gasteiger charge is 2.31. The van der Waals surface area contributed by atoms with Crippen LogP contribution in [0.3, 0.4) is 0 Å². The Balaban J connectivity index is 1.97. The third kappa shape index (κ3) is 6.47. The summed E-state index contributed by atoms with van der Waals surface area (Å²) in [5, 5.41) is 13.6. The van der Waals surface area contributed by atoms with Crippen LogP contribution in [0.2, 0.25) is 0 Å². The molecule has 1 heterocycles. The Labute approximate surface area is 196 Å². The number of aromatic nitrogens is 2. The van der Waals surface area contributed by atoms with Gasteiger partial charge >= 0.3 is 12.1 Å². The zero-order valence-electron chi connectivity index (χ0n) is 19.2. The number of ether oxygens (including phenoxy) is 1. The summed E-state index contributed by atoms with van der Waals surface area (Å²) < 4.78 is 45.6. The van der Waals surface area contributed by atoms with Gasteiger partial charge in [0.2, 0.25) is 0 Å². The molecule has 3 rings (SSSR count). The van der Waals surface area contributed by atoms with E-state index in [0.717, 1.165) is 34.2 Å². The molecule has 0 atom stereocenters. The topological polar surface area (TPSA) is 67.9 Å². The molecule has 0 spiro atoms. The number of carbonyl (C=O) groups excluding carboxylic acids is 1. The monoisotopic (exact) mass is 469 g/mol. The van der Waals surface area contributed by atoms with Gasteiger partial charge in [0.1, 0.15) is 13.2 Å². The predicted octanol–water partition coefficient (Wildman–Crippen LogP) is 5.98. The Hall–Kier alpha value is -3.60. The molecule has 3 aromatic rings. The molecule has 34 heavy (non-hydrogen) atoms. The fourth-order valence-corrected chi connectivity index (χ4v) is 3.81. The molecule has 0 amide bonds. The fourth-order valence-electron chi connectivity index (χ4n) is 3.81. The van der Waals surface area contributed by atoms with Crippen LogP contribution in [0, 0.1) is 11.3 Å². The number of benzene rings is 2. The van der Waals surface area contributed by atoms with Crippen LogP contribution in [0.25, 0.3) is 11.1 Å². The van der Waals surface area contributed by atoms with Gasteiger partial charge in [0.25, 0.3) is 0 Å². The predicted molar refractivity (Wildman–Crippen MR) is 122 cm³/mol. The molecule has 0 aliphatic rings. The minimum atomic E-state index is -4.45. The molecule has 8 heteroatoms. The minimum absolute atomic E-state index is 0.262. The highest BCUT2D eigenvalue weighted by Crippen LogP contribution is 2.28. The number of alkyl halides is 3. The number of carbonyl (C=O) groups is 1. The third-order valence-electron chi connectivity index (χ3n) is 5.45. The summed E-state index contributed by atoms with van der Waals surface area (Å²) in [6.45, 7) is 1.71. The van der Waals surface area contributed by atoms with Crippen molar-refractivity contribution >= 4 is 5.97 Å². The largest absolute Gasteiger partial charge is 0.459 e. The maximum absolute atomic E-state index is 13.2. The van der Waals surface area contributed by atoms with Crippen molar-refractivity contribution in [2.75, 3.05) is 0 Å². The van der Waals surface area contributed by atoms with Crippen molar-refractivity contribution in [1.82, 2.24) is 9.78 Å². The Morgan fingerprint density at radius 2 is 1.85 bits per heavy atom. The third-order valence-corrected chi connectivity index (χ3v) is 5.45. The van der Waals surface area contributed by atoms with Gasteiger partial charge in [0.15, 0.2) is 0 Å². The molecule has 0 fully saturated rings. The number of unbranched alkanes of at least 4 members (excludes halogenated alkanes) is 1. The van der Waals surface area contributed by atoms with Gasteiger partial charge in [-0.3, -0.25) is 9.48 Å². The second kappa shape index (κ2) is 11.0. The molecule has 0 saturated carbocycles. The van der Waals surface area contributed by atoms with Crippen molar-refractivity contribution in [1.29, 1.82) is 5.26 Å². The molecule has 0 bridgehead atoms. The van der Waals surface area contributed by atoms with E-state index in [2.05, 4.69) is 11.2 Å². The molecule has 178 valence electrons. The summed E-state index contributed by atoms with van der Waals surface area (Å²) in [6, 6.07) is 17.0. The molecular weight excluding hydrogens is 443 g/mol. The van der Waals surface area contributed by atoms with E-state index in [1.54, 1.807) is 12.1 Å². The Kier molecular flexibility index (Phi) is 8.11. The lowest BCUT2D eigenvalue weighted by Gasteiger charge is -2.12. The first-order chi connectivity index (χ1) is 16.2. The van der Waals surface area contributed by atoms with Crippen molar-refractivity contribution in [2.45, 2.75) is 58.9 Å². The maximum atomic E-state index is 13.2. The summed E-state index contributed by atoms with van der Waals surface area (Å²) in [5.74, 6) is -0.568. The van der Waals surface area contributed by atoms with E-state index in [-0.39, 0.29) is 12.3 Å². The number of aryl methyl sites for hydroxylation is 1. The van der Waals surface area contributed by atoms with Crippen LogP contribution in [-0.4, -0.2) is 21.9 Å². The van der Waals surface area contributed by atoms with Crippen molar-refractivity contribution in [3.8, 4) is 17.2 Å². The number of nitriles is 1. The van der Waals surface area contributed by atoms with E-state index in [9.17, 15) is 23.2 Å². The van der Waals surface area contributed by atoms with Crippen LogP contribution in [0.5, 0.6) is 0 Å². The van der Waals surface area contributed by atoms with E-state index >= 15 is 0 Å². The lowest BCUT2D eigenvalue weighted by atomic mass is 9.96. The average Bonchev–Trinajstić information content (AvgIpc) is 3.10. The van der Waals surface area contributed by atoms with Crippen molar-refractivity contribution in [3.63, 3.8) is 0 Å². The number of esters is 1. The molecule has 0 aliphatic carbocycles. The first-order valence-corrected chi connectivity index (χ1v) is 11.1. The van der Waals surface area contributed by atoms with Crippen LogP contribution >= 0.6 is 0 Å². The minimum Gasteiger partial charge on any atom is -0.459 e. The van der Waals surface area contributed by atoms with Gasteiger partial charge in [0, 0.05) is 18.9 Å². The molecule has 0 saturated heterocycles. The molecule has 0 aliphatic heterocycles. The molecule has 0 N–H and O–H groups in total. The first-order valence-electron chi connectivity index (χ1n) is 11.1. The van der Waals surface area contributed by atoms with Crippen LogP contribution in [0.15, 0.2) is 48.5 Å². The zero-order chi connectivity index (χ0) is 24.7. The van der Waals surface area contributed by atoms with Crippen molar-refractivity contribution in [2.24, 2.45) is 0 Å². The summed E-state index contributed by atoms with van der Waals surface area (Å²) in [6.07, 6.45) is -1.90. The van der Waals surface area contributed by atoms with Gasteiger partial charge in [-0.2, -0.15) is 23.5 Å². The van der Waals surface area contributed by atoms with E-state index in [0.29, 0.717) is 29.7 Å².